The third-order valence-electron chi connectivity index (χ3n) is 5.71. The van der Waals surface area contributed by atoms with Gasteiger partial charge in [-0.1, -0.05) is 0 Å². The molecule has 21 heavy (non-hydrogen) atoms. The fourth-order valence-corrected chi connectivity index (χ4v) is 4.89. The van der Waals surface area contributed by atoms with E-state index < -0.39 is 0 Å². The maximum Gasteiger partial charge on any atom is 0.305 e. The van der Waals surface area contributed by atoms with Crippen molar-refractivity contribution in [1.82, 2.24) is 10.2 Å². The van der Waals surface area contributed by atoms with Crippen LogP contribution in [0.4, 0.5) is 0 Å². The molecule has 3 aliphatic rings. The molecule has 3 saturated heterocycles. The predicted octanol–water partition coefficient (Wildman–Crippen LogP) is 2.18. The molecule has 1 N–H and O–H groups in total. The molecule has 0 aromatic carbocycles. The smallest absolute Gasteiger partial charge is 0.305 e. The van der Waals surface area contributed by atoms with Crippen LogP contribution in [0.5, 0.6) is 0 Å². The fraction of sp³-hybridized carbons (Fsp3) is 0.941. The van der Waals surface area contributed by atoms with Crippen molar-refractivity contribution in [3.63, 3.8) is 0 Å². The van der Waals surface area contributed by atoms with E-state index in [1.54, 1.807) is 0 Å². The number of piperidine rings is 3. The number of nitrogens with one attached hydrogen (secondary N) is 1. The normalized spacial score (nSPS) is 36.0. The molecule has 3 aliphatic heterocycles. The first-order chi connectivity index (χ1) is 10.3. The number of hydrogen-bond acceptors (Lipinski definition) is 4. The molecule has 4 heteroatoms. The molecule has 0 amide bonds. The van der Waals surface area contributed by atoms with Crippen molar-refractivity contribution in [1.29, 1.82) is 0 Å². The fourth-order valence-electron chi connectivity index (χ4n) is 4.89. The van der Waals surface area contributed by atoms with E-state index in [0.29, 0.717) is 19.1 Å². The second-order valence-corrected chi connectivity index (χ2v) is 6.95. The SMILES string of the molecule is CCOC(=O)CCC[C@H]1NC[C@H]2CCCN3CCC[C@H]1[C@H]23. The van der Waals surface area contributed by atoms with Crippen LogP contribution in [0, 0.1) is 11.8 Å². The Labute approximate surface area is 128 Å². The monoisotopic (exact) mass is 294 g/mol. The van der Waals surface area contributed by atoms with Gasteiger partial charge in [-0.2, -0.15) is 0 Å². The second kappa shape index (κ2) is 7.10. The second-order valence-electron chi connectivity index (χ2n) is 6.95. The third kappa shape index (κ3) is 3.42. The van der Waals surface area contributed by atoms with Crippen molar-refractivity contribution in [2.75, 3.05) is 26.2 Å². The zero-order chi connectivity index (χ0) is 14.7. The molecule has 0 unspecified atom stereocenters. The van der Waals surface area contributed by atoms with Gasteiger partial charge in [0.05, 0.1) is 6.61 Å². The lowest BCUT2D eigenvalue weighted by molar-refractivity contribution is -0.143. The standard InChI is InChI=1S/C17H30N2O2/c1-2-21-16(20)9-3-8-15-14-7-5-11-19-10-4-6-13(12-18-15)17(14)19/h13-15,17-18H,2-12H2,1H3/t13-,14-,15-,17+/m1/s1. The van der Waals surface area contributed by atoms with Gasteiger partial charge in [0.15, 0.2) is 0 Å². The summed E-state index contributed by atoms with van der Waals surface area (Å²) < 4.78 is 5.03. The zero-order valence-corrected chi connectivity index (χ0v) is 13.4. The highest BCUT2D eigenvalue weighted by molar-refractivity contribution is 5.69. The number of hydrogen-bond donors (Lipinski definition) is 1. The van der Waals surface area contributed by atoms with E-state index in [-0.39, 0.29) is 5.97 Å². The Hall–Kier alpha value is -0.610. The average molecular weight is 294 g/mol. The van der Waals surface area contributed by atoms with Crippen LogP contribution in [0.3, 0.4) is 0 Å². The highest BCUT2D eigenvalue weighted by atomic mass is 16.5. The van der Waals surface area contributed by atoms with Crippen LogP contribution >= 0.6 is 0 Å². The zero-order valence-electron chi connectivity index (χ0n) is 13.4. The van der Waals surface area contributed by atoms with Gasteiger partial charge in [-0.15, -0.1) is 0 Å². The first kappa shape index (κ1) is 15.3. The Bertz CT molecular complexity index is 352. The Morgan fingerprint density at radius 2 is 2.10 bits per heavy atom. The Morgan fingerprint density at radius 1 is 1.29 bits per heavy atom. The third-order valence-corrected chi connectivity index (χ3v) is 5.71. The number of nitrogens with zero attached hydrogens (tertiary/aromatic N) is 1. The number of esters is 1. The summed E-state index contributed by atoms with van der Waals surface area (Å²) in [5.74, 6) is 1.64. The van der Waals surface area contributed by atoms with Crippen molar-refractivity contribution in [2.24, 2.45) is 11.8 Å². The molecule has 0 spiro atoms. The summed E-state index contributed by atoms with van der Waals surface area (Å²) in [5.41, 5.74) is 0. The summed E-state index contributed by atoms with van der Waals surface area (Å²) in [6.07, 6.45) is 8.17. The van der Waals surface area contributed by atoms with Crippen molar-refractivity contribution in [3.05, 3.63) is 0 Å². The molecule has 3 fully saturated rings. The van der Waals surface area contributed by atoms with Gasteiger partial charge in [-0.25, -0.2) is 0 Å². The largest absolute Gasteiger partial charge is 0.466 e. The lowest BCUT2D eigenvalue weighted by Crippen LogP contribution is -2.63. The van der Waals surface area contributed by atoms with Crippen molar-refractivity contribution >= 4 is 5.97 Å². The molecule has 120 valence electrons. The molecule has 4 nitrogen and oxygen atoms in total. The summed E-state index contributed by atoms with van der Waals surface area (Å²) >= 11 is 0. The molecule has 0 aromatic rings. The van der Waals surface area contributed by atoms with Crippen LogP contribution in [0.2, 0.25) is 0 Å². The molecule has 3 heterocycles. The molecule has 3 rings (SSSR count). The Morgan fingerprint density at radius 3 is 2.90 bits per heavy atom. The van der Waals surface area contributed by atoms with Gasteiger partial charge >= 0.3 is 5.97 Å². The van der Waals surface area contributed by atoms with Gasteiger partial charge in [0.2, 0.25) is 0 Å². The molecule has 0 bridgehead atoms. The maximum atomic E-state index is 11.5. The van der Waals surface area contributed by atoms with Crippen LogP contribution in [0.15, 0.2) is 0 Å². The quantitative estimate of drug-likeness (QED) is 0.789. The highest BCUT2D eigenvalue weighted by Gasteiger charge is 2.45. The van der Waals surface area contributed by atoms with Crippen molar-refractivity contribution in [2.45, 2.75) is 64.0 Å². The summed E-state index contributed by atoms with van der Waals surface area (Å²) in [5, 5.41) is 3.80. The molecule has 0 saturated carbocycles. The molecule has 4 atom stereocenters. The van der Waals surface area contributed by atoms with E-state index in [1.807, 2.05) is 6.92 Å². The van der Waals surface area contributed by atoms with Gasteiger partial charge in [0.1, 0.15) is 0 Å². The van der Waals surface area contributed by atoms with Gasteiger partial charge in [0.25, 0.3) is 0 Å². The minimum absolute atomic E-state index is 0.0332. The predicted molar refractivity (Wildman–Crippen MR) is 83.1 cm³/mol. The highest BCUT2D eigenvalue weighted by Crippen LogP contribution is 2.39. The van der Waals surface area contributed by atoms with E-state index >= 15 is 0 Å². The number of ether oxygens (including phenoxy) is 1. The van der Waals surface area contributed by atoms with E-state index in [2.05, 4.69) is 10.2 Å². The summed E-state index contributed by atoms with van der Waals surface area (Å²) in [6.45, 7) is 6.18. The summed E-state index contributed by atoms with van der Waals surface area (Å²) in [6, 6.07) is 1.43. The van der Waals surface area contributed by atoms with Crippen LogP contribution in [0.1, 0.15) is 51.9 Å². The minimum Gasteiger partial charge on any atom is -0.466 e. The summed E-state index contributed by atoms with van der Waals surface area (Å²) in [4.78, 5) is 14.2. The van der Waals surface area contributed by atoms with Crippen molar-refractivity contribution < 1.29 is 9.53 Å². The van der Waals surface area contributed by atoms with E-state index in [0.717, 1.165) is 30.7 Å². The van der Waals surface area contributed by atoms with Crippen LogP contribution < -0.4 is 5.32 Å². The maximum absolute atomic E-state index is 11.5. The van der Waals surface area contributed by atoms with E-state index in [9.17, 15) is 4.79 Å². The Balaban J connectivity index is 1.53. The topological polar surface area (TPSA) is 41.6 Å². The molecule has 0 radical (unpaired) electrons. The van der Waals surface area contributed by atoms with Crippen LogP contribution in [-0.2, 0) is 9.53 Å². The minimum atomic E-state index is -0.0332. The van der Waals surface area contributed by atoms with E-state index in [1.165, 1.54) is 45.3 Å². The van der Waals surface area contributed by atoms with E-state index in [4.69, 9.17) is 4.74 Å². The number of carbonyl (C=O) groups excluding carboxylic acids is 1. The lowest BCUT2D eigenvalue weighted by atomic mass is 9.70. The van der Waals surface area contributed by atoms with Gasteiger partial charge < -0.3 is 10.1 Å². The van der Waals surface area contributed by atoms with Crippen LogP contribution in [-0.4, -0.2) is 49.2 Å². The van der Waals surface area contributed by atoms with Gasteiger partial charge in [-0.05, 0) is 76.9 Å². The lowest BCUT2D eigenvalue weighted by Gasteiger charge is -2.54. The Kier molecular flexibility index (Phi) is 5.17. The molecular weight excluding hydrogens is 264 g/mol. The molecular formula is C17H30N2O2. The number of rotatable bonds is 5. The average Bonchev–Trinajstić information content (AvgIpc) is 2.50. The van der Waals surface area contributed by atoms with Crippen LogP contribution in [0.25, 0.3) is 0 Å². The molecule has 0 aromatic heterocycles. The van der Waals surface area contributed by atoms with Gasteiger partial charge in [0, 0.05) is 18.5 Å². The summed E-state index contributed by atoms with van der Waals surface area (Å²) in [7, 11) is 0. The van der Waals surface area contributed by atoms with Gasteiger partial charge in [-0.3, -0.25) is 9.69 Å². The molecule has 0 aliphatic carbocycles. The van der Waals surface area contributed by atoms with Crippen molar-refractivity contribution in [3.8, 4) is 0 Å². The number of carbonyl (C=O) groups is 1. The first-order valence-corrected chi connectivity index (χ1v) is 8.92. The first-order valence-electron chi connectivity index (χ1n) is 8.92.